The molecule has 0 radical (unpaired) electrons. The fourth-order valence-electron chi connectivity index (χ4n) is 1.18. The van der Waals surface area contributed by atoms with E-state index in [9.17, 15) is 4.79 Å². The van der Waals surface area contributed by atoms with Gasteiger partial charge in [-0.3, -0.25) is 10.2 Å². The Morgan fingerprint density at radius 3 is 3.00 bits per heavy atom. The number of amides is 1. The van der Waals surface area contributed by atoms with Crippen LogP contribution in [0, 0.1) is 0 Å². The fraction of sp³-hybridized carbons (Fsp3) is 0.444. The molecule has 0 saturated heterocycles. The molecule has 1 heterocycles. The summed E-state index contributed by atoms with van der Waals surface area (Å²) in [6.07, 6.45) is 1.58. The van der Waals surface area contributed by atoms with Crippen LogP contribution in [0.5, 0.6) is 0 Å². The maximum atomic E-state index is 11.3. The lowest BCUT2D eigenvalue weighted by atomic mass is 10.4. The van der Waals surface area contributed by atoms with Crippen LogP contribution in [-0.2, 0) is 4.79 Å². The van der Waals surface area contributed by atoms with Crippen LogP contribution in [0.1, 0.15) is 6.92 Å². The van der Waals surface area contributed by atoms with E-state index < -0.39 is 0 Å². The third-order valence-electron chi connectivity index (χ3n) is 1.92. The highest BCUT2D eigenvalue weighted by molar-refractivity contribution is 5.80. The SMILES string of the molecule is CCNC(=O)CN(C)c1ccnc(NN)n1. The summed E-state index contributed by atoms with van der Waals surface area (Å²) in [6, 6.07) is 1.71. The fourth-order valence-corrected chi connectivity index (χ4v) is 1.18. The largest absolute Gasteiger partial charge is 0.355 e. The molecular weight excluding hydrogens is 208 g/mol. The number of carbonyl (C=O) groups excluding carboxylic acids is 1. The highest BCUT2D eigenvalue weighted by atomic mass is 16.2. The number of nitrogens with zero attached hydrogens (tertiary/aromatic N) is 3. The molecule has 7 heteroatoms. The lowest BCUT2D eigenvalue weighted by Crippen LogP contribution is -2.35. The van der Waals surface area contributed by atoms with E-state index >= 15 is 0 Å². The van der Waals surface area contributed by atoms with E-state index in [0.29, 0.717) is 18.3 Å². The average Bonchev–Trinajstić information content (AvgIpc) is 2.29. The smallest absolute Gasteiger partial charge is 0.239 e. The van der Waals surface area contributed by atoms with Gasteiger partial charge in [0.15, 0.2) is 0 Å². The van der Waals surface area contributed by atoms with Gasteiger partial charge in [-0.2, -0.15) is 4.98 Å². The maximum Gasteiger partial charge on any atom is 0.239 e. The van der Waals surface area contributed by atoms with E-state index in [0.717, 1.165) is 0 Å². The van der Waals surface area contributed by atoms with Crippen molar-refractivity contribution in [3.63, 3.8) is 0 Å². The van der Waals surface area contributed by atoms with Crippen LogP contribution in [0.4, 0.5) is 11.8 Å². The van der Waals surface area contributed by atoms with Gasteiger partial charge in [0.25, 0.3) is 0 Å². The van der Waals surface area contributed by atoms with Crippen molar-refractivity contribution in [1.29, 1.82) is 0 Å². The van der Waals surface area contributed by atoms with Gasteiger partial charge in [0.1, 0.15) is 5.82 Å². The Labute approximate surface area is 94.0 Å². The zero-order chi connectivity index (χ0) is 12.0. The van der Waals surface area contributed by atoms with Crippen LogP contribution in [0.25, 0.3) is 0 Å². The number of carbonyl (C=O) groups is 1. The number of likely N-dealkylation sites (N-methyl/N-ethyl adjacent to an activating group) is 2. The molecule has 16 heavy (non-hydrogen) atoms. The zero-order valence-corrected chi connectivity index (χ0v) is 9.40. The molecular formula is C9H16N6O. The Balaban J connectivity index is 2.64. The minimum atomic E-state index is -0.0501. The summed E-state index contributed by atoms with van der Waals surface area (Å²) in [5, 5.41) is 2.71. The first-order valence-corrected chi connectivity index (χ1v) is 4.95. The molecule has 0 atom stereocenters. The molecule has 0 aromatic carbocycles. The monoisotopic (exact) mass is 224 g/mol. The number of nitrogens with one attached hydrogen (secondary N) is 2. The predicted octanol–water partition coefficient (Wildman–Crippen LogP) is -0.665. The van der Waals surface area contributed by atoms with Crippen molar-refractivity contribution in [3.8, 4) is 0 Å². The van der Waals surface area contributed by atoms with Gasteiger partial charge >= 0.3 is 0 Å². The number of nitrogens with two attached hydrogens (primary N) is 1. The molecule has 1 amide bonds. The molecule has 1 rings (SSSR count). The van der Waals surface area contributed by atoms with Crippen LogP contribution < -0.4 is 21.5 Å². The summed E-state index contributed by atoms with van der Waals surface area (Å²) in [4.78, 5) is 21.0. The number of hydrogen-bond donors (Lipinski definition) is 3. The highest BCUT2D eigenvalue weighted by Gasteiger charge is 2.08. The normalized spacial score (nSPS) is 9.69. The number of anilines is 2. The van der Waals surface area contributed by atoms with Gasteiger partial charge in [0.05, 0.1) is 6.54 Å². The summed E-state index contributed by atoms with van der Waals surface area (Å²) in [5.74, 6) is 6.10. The Hall–Kier alpha value is -1.89. The van der Waals surface area contributed by atoms with Crippen molar-refractivity contribution in [3.05, 3.63) is 12.3 Å². The Bertz CT molecular complexity index is 356. The van der Waals surface area contributed by atoms with Gasteiger partial charge < -0.3 is 10.2 Å². The van der Waals surface area contributed by atoms with Crippen LogP contribution >= 0.6 is 0 Å². The molecule has 0 aliphatic rings. The topological polar surface area (TPSA) is 96.2 Å². The Morgan fingerprint density at radius 2 is 2.38 bits per heavy atom. The molecule has 0 aliphatic carbocycles. The van der Waals surface area contributed by atoms with Crippen molar-refractivity contribution < 1.29 is 4.79 Å². The number of aromatic nitrogens is 2. The van der Waals surface area contributed by atoms with Crippen molar-refractivity contribution in [1.82, 2.24) is 15.3 Å². The molecule has 1 aromatic heterocycles. The molecule has 0 aliphatic heterocycles. The van der Waals surface area contributed by atoms with Gasteiger partial charge in [-0.15, -0.1) is 0 Å². The van der Waals surface area contributed by atoms with Crippen molar-refractivity contribution >= 4 is 17.7 Å². The molecule has 0 bridgehead atoms. The van der Waals surface area contributed by atoms with Gasteiger partial charge in [-0.1, -0.05) is 0 Å². The lowest BCUT2D eigenvalue weighted by molar-refractivity contribution is -0.119. The minimum absolute atomic E-state index is 0.0501. The van der Waals surface area contributed by atoms with Crippen LogP contribution in [-0.4, -0.2) is 36.0 Å². The van der Waals surface area contributed by atoms with E-state index in [1.165, 1.54) is 0 Å². The minimum Gasteiger partial charge on any atom is -0.355 e. The second kappa shape index (κ2) is 5.86. The van der Waals surface area contributed by atoms with Crippen LogP contribution in [0.2, 0.25) is 0 Å². The van der Waals surface area contributed by atoms with E-state index in [4.69, 9.17) is 5.84 Å². The third kappa shape index (κ3) is 3.35. The molecule has 0 fully saturated rings. The average molecular weight is 224 g/mol. The summed E-state index contributed by atoms with van der Waals surface area (Å²) >= 11 is 0. The van der Waals surface area contributed by atoms with Crippen molar-refractivity contribution in [2.45, 2.75) is 6.92 Å². The quantitative estimate of drug-likeness (QED) is 0.453. The molecule has 88 valence electrons. The van der Waals surface area contributed by atoms with E-state index in [1.807, 2.05) is 6.92 Å². The van der Waals surface area contributed by atoms with Gasteiger partial charge in [-0.05, 0) is 13.0 Å². The summed E-state index contributed by atoms with van der Waals surface area (Å²) in [7, 11) is 1.78. The first kappa shape index (κ1) is 12.2. The van der Waals surface area contributed by atoms with E-state index in [2.05, 4.69) is 20.7 Å². The first-order valence-electron chi connectivity index (χ1n) is 4.95. The second-order valence-corrected chi connectivity index (χ2v) is 3.19. The lowest BCUT2D eigenvalue weighted by Gasteiger charge is -2.17. The first-order chi connectivity index (χ1) is 7.67. The summed E-state index contributed by atoms with van der Waals surface area (Å²) in [5.41, 5.74) is 2.35. The van der Waals surface area contributed by atoms with Crippen LogP contribution in [0.15, 0.2) is 12.3 Å². The third-order valence-corrected chi connectivity index (χ3v) is 1.92. The van der Waals surface area contributed by atoms with Crippen molar-refractivity contribution in [2.75, 3.05) is 30.5 Å². The molecule has 0 unspecified atom stereocenters. The van der Waals surface area contributed by atoms with Gasteiger partial charge in [0, 0.05) is 19.8 Å². The number of nitrogen functional groups attached to an aromatic ring is 1. The standard InChI is InChI=1S/C9H16N6O/c1-3-11-8(16)6-15(2)7-4-5-12-9(13-7)14-10/h4-5H,3,6,10H2,1-2H3,(H,11,16)(H,12,13,14). The van der Waals surface area contributed by atoms with Crippen LogP contribution in [0.3, 0.4) is 0 Å². The number of rotatable bonds is 5. The van der Waals surface area contributed by atoms with E-state index in [-0.39, 0.29) is 12.5 Å². The highest BCUT2D eigenvalue weighted by Crippen LogP contribution is 2.08. The number of hydrazine groups is 1. The second-order valence-electron chi connectivity index (χ2n) is 3.19. The Morgan fingerprint density at radius 1 is 1.62 bits per heavy atom. The van der Waals surface area contributed by atoms with E-state index in [1.54, 1.807) is 24.2 Å². The van der Waals surface area contributed by atoms with Crippen molar-refractivity contribution in [2.24, 2.45) is 5.84 Å². The van der Waals surface area contributed by atoms with Gasteiger partial charge in [0.2, 0.25) is 11.9 Å². The molecule has 1 aromatic rings. The Kier molecular flexibility index (Phi) is 4.46. The molecule has 7 nitrogen and oxygen atoms in total. The summed E-state index contributed by atoms with van der Waals surface area (Å²) < 4.78 is 0. The predicted molar refractivity (Wildman–Crippen MR) is 61.8 cm³/mol. The molecule has 0 spiro atoms. The zero-order valence-electron chi connectivity index (χ0n) is 9.40. The summed E-state index contributed by atoms with van der Waals surface area (Å²) in [6.45, 7) is 2.74. The number of hydrogen-bond acceptors (Lipinski definition) is 6. The molecule has 4 N–H and O–H groups in total. The molecule has 0 saturated carbocycles. The maximum absolute atomic E-state index is 11.3. The van der Waals surface area contributed by atoms with Gasteiger partial charge in [-0.25, -0.2) is 10.8 Å².